The van der Waals surface area contributed by atoms with Crippen LogP contribution in [0, 0.1) is 5.92 Å². The van der Waals surface area contributed by atoms with Gasteiger partial charge in [0.25, 0.3) is 0 Å². The first-order chi connectivity index (χ1) is 13.7. The molecule has 0 heterocycles. The molecule has 2 aliphatic carbocycles. The molecule has 4 rings (SSSR count). The fraction of sp³-hybridized carbons (Fsp3) is 0.320. The summed E-state index contributed by atoms with van der Waals surface area (Å²) in [6, 6.07) is 13.1. The molecular formula is C25H28BN2. The molecule has 0 aliphatic heterocycles. The Kier molecular flexibility index (Phi) is 5.63. The number of aliphatic imine (C=N–C) groups is 1. The Balaban J connectivity index is 1.57. The molecule has 0 spiro atoms. The van der Waals surface area contributed by atoms with E-state index in [-0.39, 0.29) is 0 Å². The molecule has 2 aliphatic rings. The number of nitrogens with zero attached hydrogens (tertiary/aromatic N) is 1. The number of rotatable bonds is 7. The van der Waals surface area contributed by atoms with Gasteiger partial charge in [0.1, 0.15) is 0 Å². The molecule has 0 saturated heterocycles. The van der Waals surface area contributed by atoms with Crippen LogP contribution in [-0.4, -0.2) is 19.7 Å². The number of hydrogen-bond acceptors (Lipinski definition) is 2. The second kappa shape index (κ2) is 8.32. The summed E-state index contributed by atoms with van der Waals surface area (Å²) in [6.07, 6.45) is 11.8. The van der Waals surface area contributed by atoms with Gasteiger partial charge < -0.3 is 5.64 Å². The average Bonchev–Trinajstić information content (AvgIpc) is 3.49. The zero-order valence-corrected chi connectivity index (χ0v) is 16.7. The molecule has 1 fully saturated rings. The van der Waals surface area contributed by atoms with Crippen LogP contribution < -0.4 is 11.1 Å². The van der Waals surface area contributed by atoms with Crippen LogP contribution in [0.3, 0.4) is 0 Å². The van der Waals surface area contributed by atoms with E-state index in [0.717, 1.165) is 25.2 Å². The van der Waals surface area contributed by atoms with E-state index >= 15 is 0 Å². The average molecular weight is 367 g/mol. The maximum absolute atomic E-state index is 6.11. The molecule has 2 aromatic carbocycles. The van der Waals surface area contributed by atoms with Crippen LogP contribution in [0.25, 0.3) is 12.2 Å². The van der Waals surface area contributed by atoms with Crippen LogP contribution in [0.1, 0.15) is 47.6 Å². The largest absolute Gasteiger partial charge is 0.370 e. The van der Waals surface area contributed by atoms with Gasteiger partial charge in [0.05, 0.1) is 6.04 Å². The van der Waals surface area contributed by atoms with Gasteiger partial charge in [0.15, 0.2) is 0 Å². The summed E-state index contributed by atoms with van der Waals surface area (Å²) in [5.74, 6) is 0.756. The molecule has 1 saturated carbocycles. The highest BCUT2D eigenvalue weighted by molar-refractivity contribution is 6.52. The normalized spacial score (nSPS) is 19.1. The van der Waals surface area contributed by atoms with E-state index in [9.17, 15) is 0 Å². The van der Waals surface area contributed by atoms with Crippen LogP contribution in [0.5, 0.6) is 0 Å². The van der Waals surface area contributed by atoms with Gasteiger partial charge >= 0.3 is 0 Å². The zero-order chi connectivity index (χ0) is 19.5. The molecule has 3 heteroatoms. The minimum atomic E-state index is 0.304. The third-order valence-corrected chi connectivity index (χ3v) is 6.00. The van der Waals surface area contributed by atoms with E-state index in [4.69, 9.17) is 10.6 Å². The third kappa shape index (κ3) is 4.05. The molecule has 1 atom stereocenters. The highest BCUT2D eigenvalue weighted by Gasteiger charge is 2.27. The quantitative estimate of drug-likeness (QED) is 0.580. The third-order valence-electron chi connectivity index (χ3n) is 6.00. The van der Waals surface area contributed by atoms with Gasteiger partial charge in [-0.1, -0.05) is 66.2 Å². The smallest absolute Gasteiger partial charge is 0.242 e. The SMILES string of the molecule is C=Cc1cc2c(c([B]N)c1/C=C(\C)C1CC1)CC(N=CCc1ccccc1)C2. The molecule has 0 aromatic heterocycles. The van der Waals surface area contributed by atoms with Crippen molar-refractivity contribution in [2.75, 3.05) is 0 Å². The molecule has 2 nitrogen and oxygen atoms in total. The minimum absolute atomic E-state index is 0.304. The highest BCUT2D eigenvalue weighted by Crippen LogP contribution is 2.37. The van der Waals surface area contributed by atoms with Crippen molar-refractivity contribution in [2.24, 2.45) is 16.6 Å². The van der Waals surface area contributed by atoms with Crippen molar-refractivity contribution >= 4 is 31.2 Å². The molecule has 1 radical (unpaired) electrons. The van der Waals surface area contributed by atoms with Crippen molar-refractivity contribution in [3.63, 3.8) is 0 Å². The fourth-order valence-corrected chi connectivity index (χ4v) is 4.26. The maximum Gasteiger partial charge on any atom is 0.242 e. The first-order valence-corrected chi connectivity index (χ1v) is 10.3. The van der Waals surface area contributed by atoms with Gasteiger partial charge in [-0.3, -0.25) is 4.99 Å². The minimum Gasteiger partial charge on any atom is -0.370 e. The van der Waals surface area contributed by atoms with Gasteiger partial charge in [-0.15, -0.1) is 0 Å². The lowest BCUT2D eigenvalue weighted by Crippen LogP contribution is -2.30. The predicted octanol–water partition coefficient (Wildman–Crippen LogP) is 4.13. The summed E-state index contributed by atoms with van der Waals surface area (Å²) < 4.78 is 0. The summed E-state index contributed by atoms with van der Waals surface area (Å²) >= 11 is 0. The number of nitrogens with two attached hydrogens (primary N) is 1. The number of benzene rings is 2. The van der Waals surface area contributed by atoms with E-state index in [1.165, 1.54) is 51.7 Å². The van der Waals surface area contributed by atoms with Gasteiger partial charge in [0, 0.05) is 12.6 Å². The molecule has 0 amide bonds. The summed E-state index contributed by atoms with van der Waals surface area (Å²) in [7, 11) is 1.79. The fourth-order valence-electron chi connectivity index (χ4n) is 4.26. The Hall–Kier alpha value is -2.39. The van der Waals surface area contributed by atoms with Gasteiger partial charge in [0.2, 0.25) is 7.41 Å². The topological polar surface area (TPSA) is 38.4 Å². The second-order valence-corrected chi connectivity index (χ2v) is 8.05. The molecule has 2 aromatic rings. The van der Waals surface area contributed by atoms with Crippen LogP contribution in [0.4, 0.5) is 0 Å². The lowest BCUT2D eigenvalue weighted by Gasteiger charge is -2.15. The highest BCUT2D eigenvalue weighted by atomic mass is 14.8. The number of allylic oxidation sites excluding steroid dienone is 1. The van der Waals surface area contributed by atoms with Gasteiger partial charge in [-0.2, -0.15) is 0 Å². The molecule has 2 N–H and O–H groups in total. The van der Waals surface area contributed by atoms with Crippen molar-refractivity contribution in [2.45, 2.75) is 45.1 Å². The monoisotopic (exact) mass is 367 g/mol. The van der Waals surface area contributed by atoms with Crippen LogP contribution >= 0.6 is 0 Å². The first-order valence-electron chi connectivity index (χ1n) is 10.3. The standard InChI is InChI=1S/C25H28BN2/c1-3-19-14-21-15-22(28-12-11-18-7-5-4-6-8-18)16-24(21)25(26-27)23(19)13-17(2)20-9-10-20/h3-8,12-14,20,22H,1,9-11,15-16,27H2,2H3/b17-13+,28-12?. The second-order valence-electron chi connectivity index (χ2n) is 8.05. The zero-order valence-electron chi connectivity index (χ0n) is 16.7. The van der Waals surface area contributed by atoms with Gasteiger partial charge in [-0.25, -0.2) is 0 Å². The molecular weight excluding hydrogens is 339 g/mol. The summed E-state index contributed by atoms with van der Waals surface area (Å²) in [6.45, 7) is 6.29. The van der Waals surface area contributed by atoms with Crippen LogP contribution in [-0.2, 0) is 19.3 Å². The Bertz CT molecular complexity index is 923. The van der Waals surface area contributed by atoms with E-state index in [2.05, 4.69) is 56.1 Å². The Morgan fingerprint density at radius 3 is 2.71 bits per heavy atom. The Morgan fingerprint density at radius 2 is 2.04 bits per heavy atom. The molecule has 0 bridgehead atoms. The van der Waals surface area contributed by atoms with Crippen LogP contribution in [0.15, 0.2) is 53.5 Å². The van der Waals surface area contributed by atoms with Crippen molar-refractivity contribution in [1.82, 2.24) is 0 Å². The van der Waals surface area contributed by atoms with E-state index in [0.29, 0.717) is 6.04 Å². The summed E-state index contributed by atoms with van der Waals surface area (Å²) in [4.78, 5) is 4.87. The van der Waals surface area contributed by atoms with Crippen molar-refractivity contribution in [3.05, 3.63) is 76.4 Å². The number of fused-ring (bicyclic) bond motifs is 1. The lowest BCUT2D eigenvalue weighted by molar-refractivity contribution is 0.726. The molecule has 141 valence electrons. The molecule has 1 unspecified atom stereocenters. The van der Waals surface area contributed by atoms with E-state index in [1.807, 2.05) is 12.1 Å². The Labute approximate surface area is 169 Å². The lowest BCUT2D eigenvalue weighted by atomic mass is 9.74. The van der Waals surface area contributed by atoms with E-state index < -0.39 is 0 Å². The maximum atomic E-state index is 6.11. The Morgan fingerprint density at radius 1 is 1.25 bits per heavy atom. The van der Waals surface area contributed by atoms with Crippen molar-refractivity contribution in [3.8, 4) is 0 Å². The summed E-state index contributed by atoms with van der Waals surface area (Å²) in [5.41, 5.74) is 15.2. The molecule has 28 heavy (non-hydrogen) atoms. The number of hydrogen-bond donors (Lipinski definition) is 1. The first kappa shape index (κ1) is 19.0. The predicted molar refractivity (Wildman–Crippen MR) is 122 cm³/mol. The van der Waals surface area contributed by atoms with Crippen molar-refractivity contribution < 1.29 is 0 Å². The van der Waals surface area contributed by atoms with E-state index in [1.54, 1.807) is 7.41 Å². The van der Waals surface area contributed by atoms with Gasteiger partial charge in [-0.05, 0) is 66.3 Å². The summed E-state index contributed by atoms with van der Waals surface area (Å²) in [5, 5.41) is 0. The van der Waals surface area contributed by atoms with Crippen LogP contribution in [0.2, 0.25) is 0 Å². The van der Waals surface area contributed by atoms with Crippen molar-refractivity contribution in [1.29, 1.82) is 0 Å².